The highest BCUT2D eigenvalue weighted by Crippen LogP contribution is 2.23. The topological polar surface area (TPSA) is 67.3 Å². The fourth-order valence-corrected chi connectivity index (χ4v) is 2.59. The molecule has 22 heavy (non-hydrogen) atoms. The zero-order chi connectivity index (χ0) is 15.4. The molecule has 8 heteroatoms. The van der Waals surface area contributed by atoms with Crippen molar-refractivity contribution in [1.82, 2.24) is 19.9 Å². The second-order valence-corrected chi connectivity index (χ2v) is 5.20. The first-order valence-corrected chi connectivity index (χ1v) is 7.57. The molecule has 2 aromatic heterocycles. The zero-order valence-corrected chi connectivity index (χ0v) is 13.1. The standard InChI is InChI=1S/C14H17ClN6O/c1-2-22-12-3-4-17-14(19-12)21-7-5-20(6-8-21)13-11(15)9-16-10-18-13/h3-4,9-10H,2,5-8H2,1H3. The van der Waals surface area contributed by atoms with Crippen LogP contribution in [0, 0.1) is 0 Å². The van der Waals surface area contributed by atoms with Gasteiger partial charge in [0.1, 0.15) is 11.3 Å². The van der Waals surface area contributed by atoms with Gasteiger partial charge in [0.2, 0.25) is 11.8 Å². The number of aromatic nitrogens is 4. The van der Waals surface area contributed by atoms with Crippen molar-refractivity contribution < 1.29 is 4.74 Å². The van der Waals surface area contributed by atoms with Crippen LogP contribution in [0.4, 0.5) is 11.8 Å². The Morgan fingerprint density at radius 2 is 1.95 bits per heavy atom. The molecule has 116 valence electrons. The predicted octanol–water partition coefficient (Wildman–Crippen LogP) is 1.65. The van der Waals surface area contributed by atoms with E-state index in [1.165, 1.54) is 6.33 Å². The first kappa shape index (κ1) is 14.8. The summed E-state index contributed by atoms with van der Waals surface area (Å²) >= 11 is 6.15. The van der Waals surface area contributed by atoms with Crippen LogP contribution in [-0.2, 0) is 0 Å². The second kappa shape index (κ2) is 6.74. The number of ether oxygens (including phenoxy) is 1. The van der Waals surface area contributed by atoms with Gasteiger partial charge >= 0.3 is 0 Å². The van der Waals surface area contributed by atoms with Gasteiger partial charge in [-0.2, -0.15) is 4.98 Å². The van der Waals surface area contributed by atoms with E-state index < -0.39 is 0 Å². The molecule has 0 amide bonds. The van der Waals surface area contributed by atoms with Crippen molar-refractivity contribution in [1.29, 1.82) is 0 Å². The van der Waals surface area contributed by atoms with Crippen LogP contribution >= 0.6 is 11.6 Å². The summed E-state index contributed by atoms with van der Waals surface area (Å²) in [6.07, 6.45) is 4.86. The Morgan fingerprint density at radius 1 is 1.18 bits per heavy atom. The lowest BCUT2D eigenvalue weighted by Crippen LogP contribution is -2.47. The van der Waals surface area contributed by atoms with E-state index in [2.05, 4.69) is 29.7 Å². The molecule has 1 fully saturated rings. The average molecular weight is 321 g/mol. The maximum atomic E-state index is 6.15. The smallest absolute Gasteiger partial charge is 0.228 e. The van der Waals surface area contributed by atoms with Gasteiger partial charge in [0.05, 0.1) is 12.8 Å². The summed E-state index contributed by atoms with van der Waals surface area (Å²) in [4.78, 5) is 21.2. The Kier molecular flexibility index (Phi) is 4.53. The SMILES string of the molecule is CCOc1ccnc(N2CCN(c3ncncc3Cl)CC2)n1. The Balaban J connectivity index is 1.67. The van der Waals surface area contributed by atoms with Crippen molar-refractivity contribution in [3.63, 3.8) is 0 Å². The summed E-state index contributed by atoms with van der Waals surface area (Å²) in [5.74, 6) is 2.08. The zero-order valence-electron chi connectivity index (χ0n) is 12.3. The van der Waals surface area contributed by atoms with Gasteiger partial charge in [-0.1, -0.05) is 11.6 Å². The summed E-state index contributed by atoms with van der Waals surface area (Å²) in [5, 5.41) is 0.575. The third kappa shape index (κ3) is 3.19. The van der Waals surface area contributed by atoms with Crippen molar-refractivity contribution in [2.45, 2.75) is 6.92 Å². The van der Waals surface area contributed by atoms with E-state index in [1.54, 1.807) is 18.5 Å². The Morgan fingerprint density at radius 3 is 2.68 bits per heavy atom. The van der Waals surface area contributed by atoms with E-state index in [1.807, 2.05) is 6.92 Å². The third-order valence-electron chi connectivity index (χ3n) is 3.42. The van der Waals surface area contributed by atoms with E-state index in [0.29, 0.717) is 23.5 Å². The molecule has 0 aromatic carbocycles. The molecule has 3 rings (SSSR count). The molecule has 0 atom stereocenters. The quantitative estimate of drug-likeness (QED) is 0.848. The molecule has 0 saturated carbocycles. The molecule has 1 aliphatic heterocycles. The number of hydrogen-bond acceptors (Lipinski definition) is 7. The van der Waals surface area contributed by atoms with Gasteiger partial charge in [0.15, 0.2) is 5.82 Å². The van der Waals surface area contributed by atoms with Crippen molar-refractivity contribution in [2.24, 2.45) is 0 Å². The van der Waals surface area contributed by atoms with E-state index in [4.69, 9.17) is 16.3 Å². The van der Waals surface area contributed by atoms with Crippen LogP contribution in [-0.4, -0.2) is 52.7 Å². The van der Waals surface area contributed by atoms with Crippen LogP contribution < -0.4 is 14.5 Å². The lowest BCUT2D eigenvalue weighted by Gasteiger charge is -2.35. The van der Waals surface area contributed by atoms with Crippen LogP contribution in [0.15, 0.2) is 24.8 Å². The Labute approximate surface area is 133 Å². The summed E-state index contributed by atoms with van der Waals surface area (Å²) < 4.78 is 5.42. The van der Waals surface area contributed by atoms with Crippen molar-refractivity contribution in [3.8, 4) is 5.88 Å². The maximum absolute atomic E-state index is 6.15. The number of rotatable bonds is 4. The van der Waals surface area contributed by atoms with E-state index in [0.717, 1.165) is 32.0 Å². The van der Waals surface area contributed by atoms with Crippen LogP contribution in [0.2, 0.25) is 5.02 Å². The molecule has 0 N–H and O–H groups in total. The van der Waals surface area contributed by atoms with Gasteiger partial charge in [-0.05, 0) is 6.92 Å². The summed E-state index contributed by atoms with van der Waals surface area (Å²) in [5.41, 5.74) is 0. The molecule has 3 heterocycles. The van der Waals surface area contributed by atoms with Crippen molar-refractivity contribution in [3.05, 3.63) is 29.8 Å². The van der Waals surface area contributed by atoms with Gasteiger partial charge in [0, 0.05) is 38.4 Å². The highest BCUT2D eigenvalue weighted by atomic mass is 35.5. The van der Waals surface area contributed by atoms with Gasteiger partial charge in [-0.25, -0.2) is 15.0 Å². The van der Waals surface area contributed by atoms with Crippen LogP contribution in [0.3, 0.4) is 0 Å². The normalized spacial score (nSPS) is 15.0. The highest BCUT2D eigenvalue weighted by molar-refractivity contribution is 6.32. The molecule has 0 bridgehead atoms. The van der Waals surface area contributed by atoms with Gasteiger partial charge in [0.25, 0.3) is 0 Å². The minimum Gasteiger partial charge on any atom is -0.478 e. The molecule has 0 radical (unpaired) electrons. The lowest BCUT2D eigenvalue weighted by atomic mass is 10.3. The number of halogens is 1. The van der Waals surface area contributed by atoms with Crippen LogP contribution in [0.1, 0.15) is 6.92 Å². The third-order valence-corrected chi connectivity index (χ3v) is 3.69. The second-order valence-electron chi connectivity index (χ2n) is 4.80. The molecule has 0 unspecified atom stereocenters. The van der Waals surface area contributed by atoms with Crippen LogP contribution in [0.5, 0.6) is 5.88 Å². The average Bonchev–Trinajstić information content (AvgIpc) is 2.56. The Bertz CT molecular complexity index is 632. The minimum atomic E-state index is 0.575. The first-order chi connectivity index (χ1) is 10.8. The lowest BCUT2D eigenvalue weighted by molar-refractivity contribution is 0.326. The number of hydrogen-bond donors (Lipinski definition) is 0. The monoisotopic (exact) mass is 320 g/mol. The number of nitrogens with zero attached hydrogens (tertiary/aromatic N) is 6. The van der Waals surface area contributed by atoms with Gasteiger partial charge in [-0.15, -0.1) is 0 Å². The number of piperazine rings is 1. The number of anilines is 2. The summed E-state index contributed by atoms with van der Waals surface area (Å²) in [6, 6.07) is 1.77. The Hall–Kier alpha value is -2.15. The molecule has 0 spiro atoms. The first-order valence-electron chi connectivity index (χ1n) is 7.19. The fraction of sp³-hybridized carbons (Fsp3) is 0.429. The van der Waals surface area contributed by atoms with Crippen molar-refractivity contribution in [2.75, 3.05) is 42.6 Å². The molecule has 0 aliphatic carbocycles. The predicted molar refractivity (Wildman–Crippen MR) is 84.7 cm³/mol. The highest BCUT2D eigenvalue weighted by Gasteiger charge is 2.21. The summed E-state index contributed by atoms with van der Waals surface area (Å²) in [6.45, 7) is 5.74. The van der Waals surface area contributed by atoms with E-state index >= 15 is 0 Å². The molecule has 7 nitrogen and oxygen atoms in total. The largest absolute Gasteiger partial charge is 0.478 e. The molecule has 1 saturated heterocycles. The van der Waals surface area contributed by atoms with Gasteiger partial charge < -0.3 is 14.5 Å². The molecule has 2 aromatic rings. The maximum Gasteiger partial charge on any atom is 0.228 e. The molecular weight excluding hydrogens is 304 g/mol. The van der Waals surface area contributed by atoms with E-state index in [-0.39, 0.29) is 0 Å². The summed E-state index contributed by atoms with van der Waals surface area (Å²) in [7, 11) is 0. The molecule has 1 aliphatic rings. The van der Waals surface area contributed by atoms with Gasteiger partial charge in [-0.3, -0.25) is 0 Å². The fourth-order valence-electron chi connectivity index (χ4n) is 2.37. The van der Waals surface area contributed by atoms with E-state index in [9.17, 15) is 0 Å². The van der Waals surface area contributed by atoms with Crippen LogP contribution in [0.25, 0.3) is 0 Å². The molecular formula is C14H17ClN6O. The van der Waals surface area contributed by atoms with Crippen molar-refractivity contribution >= 4 is 23.4 Å². The minimum absolute atomic E-state index is 0.575.